The lowest BCUT2D eigenvalue weighted by Gasteiger charge is -2.47. The van der Waals surface area contributed by atoms with Crippen molar-refractivity contribution in [2.75, 3.05) is 6.54 Å². The molecule has 0 amide bonds. The maximum atomic E-state index is 13.8. The minimum Gasteiger partial charge on any atom is -0.289 e. The molecule has 0 bridgehead atoms. The van der Waals surface area contributed by atoms with Gasteiger partial charge in [0.25, 0.3) is 5.92 Å². The van der Waals surface area contributed by atoms with Crippen LogP contribution in [0, 0.1) is 5.41 Å². The lowest BCUT2D eigenvalue weighted by Crippen LogP contribution is -2.55. The van der Waals surface area contributed by atoms with Gasteiger partial charge in [0.2, 0.25) is 0 Å². The minimum atomic E-state index is -2.53. The molecule has 1 rings (SSSR count). The summed E-state index contributed by atoms with van der Waals surface area (Å²) in [6, 6.07) is 0.232. The van der Waals surface area contributed by atoms with Crippen LogP contribution in [-0.2, 0) is 0 Å². The largest absolute Gasteiger partial charge is 0.289 e. The SMILES string of the molecule is CC(C)(C)C1CCCC(F)(F)CN1C(C)(C)C. The molecule has 1 aliphatic heterocycles. The lowest BCUT2D eigenvalue weighted by atomic mass is 9.81. The Kier molecular flexibility index (Phi) is 3.93. The van der Waals surface area contributed by atoms with E-state index in [4.69, 9.17) is 0 Å². The van der Waals surface area contributed by atoms with Crippen molar-refractivity contribution in [3.8, 4) is 0 Å². The summed E-state index contributed by atoms with van der Waals surface area (Å²) < 4.78 is 27.5. The van der Waals surface area contributed by atoms with Crippen molar-refractivity contribution in [3.05, 3.63) is 0 Å². The van der Waals surface area contributed by atoms with Gasteiger partial charge in [-0.3, -0.25) is 4.90 Å². The highest BCUT2D eigenvalue weighted by Gasteiger charge is 2.44. The van der Waals surface area contributed by atoms with Crippen molar-refractivity contribution in [2.24, 2.45) is 5.41 Å². The second kappa shape index (κ2) is 4.49. The van der Waals surface area contributed by atoms with E-state index in [1.165, 1.54) is 0 Å². The Morgan fingerprint density at radius 3 is 2.00 bits per heavy atom. The molecule has 102 valence electrons. The van der Waals surface area contributed by atoms with E-state index in [-0.39, 0.29) is 30.0 Å². The van der Waals surface area contributed by atoms with Gasteiger partial charge in [0.05, 0.1) is 6.54 Å². The second-order valence-electron chi connectivity index (χ2n) is 7.43. The number of alkyl halides is 2. The van der Waals surface area contributed by atoms with E-state index in [9.17, 15) is 8.78 Å². The zero-order valence-electron chi connectivity index (χ0n) is 12.1. The number of nitrogens with zero attached hydrogens (tertiary/aromatic N) is 1. The molecule has 3 heteroatoms. The number of likely N-dealkylation sites (tertiary alicyclic amines) is 1. The Hall–Kier alpha value is -0.180. The summed E-state index contributed by atoms with van der Waals surface area (Å²) in [5.74, 6) is -2.53. The fourth-order valence-corrected chi connectivity index (χ4v) is 2.75. The molecule has 1 fully saturated rings. The average molecular weight is 247 g/mol. The summed E-state index contributed by atoms with van der Waals surface area (Å²) in [6.07, 6.45) is 1.53. The molecule has 0 aromatic carbocycles. The Morgan fingerprint density at radius 1 is 1.06 bits per heavy atom. The van der Waals surface area contributed by atoms with Gasteiger partial charge in [0.1, 0.15) is 0 Å². The van der Waals surface area contributed by atoms with Crippen LogP contribution in [0.25, 0.3) is 0 Å². The van der Waals surface area contributed by atoms with Crippen LogP contribution < -0.4 is 0 Å². The van der Waals surface area contributed by atoms with Gasteiger partial charge in [-0.25, -0.2) is 8.78 Å². The third kappa shape index (κ3) is 3.90. The summed E-state index contributed by atoms with van der Waals surface area (Å²) >= 11 is 0. The minimum absolute atomic E-state index is 0.0339. The van der Waals surface area contributed by atoms with Crippen LogP contribution in [0.3, 0.4) is 0 Å². The highest BCUT2D eigenvalue weighted by atomic mass is 19.3. The van der Waals surface area contributed by atoms with Crippen molar-refractivity contribution in [1.82, 2.24) is 4.90 Å². The number of hydrogen-bond acceptors (Lipinski definition) is 1. The predicted octanol–water partition coefficient (Wildman–Crippen LogP) is 4.32. The second-order valence-corrected chi connectivity index (χ2v) is 7.43. The number of halogens is 2. The maximum Gasteiger partial charge on any atom is 0.260 e. The molecular formula is C14H27F2N. The van der Waals surface area contributed by atoms with Crippen molar-refractivity contribution in [2.45, 2.75) is 78.3 Å². The molecule has 0 aromatic rings. The Morgan fingerprint density at radius 2 is 1.59 bits per heavy atom. The molecular weight excluding hydrogens is 220 g/mol. The van der Waals surface area contributed by atoms with Crippen LogP contribution in [0.4, 0.5) is 8.78 Å². The van der Waals surface area contributed by atoms with E-state index in [0.29, 0.717) is 6.42 Å². The van der Waals surface area contributed by atoms with Crippen molar-refractivity contribution >= 4 is 0 Å². The number of hydrogen-bond donors (Lipinski definition) is 0. The first kappa shape index (κ1) is 14.9. The summed E-state index contributed by atoms with van der Waals surface area (Å²) in [5, 5.41) is 0. The smallest absolute Gasteiger partial charge is 0.260 e. The Balaban J connectivity index is 3.03. The fourth-order valence-electron chi connectivity index (χ4n) is 2.75. The fraction of sp³-hybridized carbons (Fsp3) is 1.00. The van der Waals surface area contributed by atoms with Crippen LogP contribution in [0.5, 0.6) is 0 Å². The summed E-state index contributed by atoms with van der Waals surface area (Å²) in [5.41, 5.74) is -0.153. The quantitative estimate of drug-likeness (QED) is 0.616. The summed E-state index contributed by atoms with van der Waals surface area (Å²) in [7, 11) is 0. The highest BCUT2D eigenvalue weighted by Crippen LogP contribution is 2.39. The Bertz CT molecular complexity index is 260. The molecule has 1 saturated heterocycles. The van der Waals surface area contributed by atoms with Gasteiger partial charge < -0.3 is 0 Å². The third-order valence-electron chi connectivity index (χ3n) is 3.66. The van der Waals surface area contributed by atoms with Crippen LogP contribution >= 0.6 is 0 Å². The van der Waals surface area contributed by atoms with E-state index in [2.05, 4.69) is 20.8 Å². The monoisotopic (exact) mass is 247 g/mol. The van der Waals surface area contributed by atoms with Gasteiger partial charge in [-0.15, -0.1) is 0 Å². The Labute approximate surface area is 105 Å². The molecule has 0 radical (unpaired) electrons. The van der Waals surface area contributed by atoms with Gasteiger partial charge in [0.15, 0.2) is 0 Å². The average Bonchev–Trinajstić information content (AvgIpc) is 2.20. The number of rotatable bonds is 0. The molecule has 0 spiro atoms. The first-order chi connectivity index (χ1) is 7.43. The van der Waals surface area contributed by atoms with Crippen LogP contribution in [-0.4, -0.2) is 28.9 Å². The molecule has 0 saturated carbocycles. The molecule has 1 unspecified atom stereocenters. The molecule has 1 atom stereocenters. The normalized spacial score (nSPS) is 27.9. The maximum absolute atomic E-state index is 13.8. The lowest BCUT2D eigenvalue weighted by molar-refractivity contribution is -0.0726. The first-order valence-corrected chi connectivity index (χ1v) is 6.58. The van der Waals surface area contributed by atoms with Gasteiger partial charge >= 0.3 is 0 Å². The molecule has 0 aromatic heterocycles. The first-order valence-electron chi connectivity index (χ1n) is 6.58. The zero-order chi connectivity index (χ0) is 13.5. The van der Waals surface area contributed by atoms with E-state index >= 15 is 0 Å². The zero-order valence-corrected chi connectivity index (χ0v) is 12.1. The van der Waals surface area contributed by atoms with Crippen molar-refractivity contribution < 1.29 is 8.78 Å². The van der Waals surface area contributed by atoms with E-state index in [0.717, 1.165) is 6.42 Å². The summed E-state index contributed by atoms with van der Waals surface area (Å²) in [6.45, 7) is 12.5. The third-order valence-corrected chi connectivity index (χ3v) is 3.66. The van der Waals surface area contributed by atoms with Gasteiger partial charge in [-0.05, 0) is 39.0 Å². The van der Waals surface area contributed by atoms with E-state index in [1.54, 1.807) is 0 Å². The topological polar surface area (TPSA) is 3.24 Å². The van der Waals surface area contributed by atoms with Gasteiger partial charge in [-0.1, -0.05) is 20.8 Å². The molecule has 0 N–H and O–H groups in total. The predicted molar refractivity (Wildman–Crippen MR) is 68.5 cm³/mol. The van der Waals surface area contributed by atoms with E-state index < -0.39 is 5.92 Å². The van der Waals surface area contributed by atoms with Gasteiger partial charge in [-0.2, -0.15) is 0 Å². The van der Waals surface area contributed by atoms with Crippen LogP contribution in [0.1, 0.15) is 60.8 Å². The molecule has 1 nitrogen and oxygen atoms in total. The molecule has 1 heterocycles. The molecule has 1 aliphatic rings. The van der Waals surface area contributed by atoms with Crippen molar-refractivity contribution in [3.63, 3.8) is 0 Å². The van der Waals surface area contributed by atoms with Crippen LogP contribution in [0.2, 0.25) is 0 Å². The molecule has 0 aliphatic carbocycles. The van der Waals surface area contributed by atoms with Gasteiger partial charge in [0, 0.05) is 18.0 Å². The van der Waals surface area contributed by atoms with Crippen molar-refractivity contribution in [1.29, 1.82) is 0 Å². The summed E-state index contributed by atoms with van der Waals surface area (Å²) in [4.78, 5) is 2.01. The van der Waals surface area contributed by atoms with Crippen LogP contribution in [0.15, 0.2) is 0 Å². The van der Waals surface area contributed by atoms with E-state index in [1.807, 2.05) is 25.7 Å². The molecule has 17 heavy (non-hydrogen) atoms. The standard InChI is InChI=1S/C14H27F2N/c1-12(2,3)11-8-7-9-14(15,16)10-17(11)13(4,5)6/h11H,7-10H2,1-6H3. The highest BCUT2D eigenvalue weighted by molar-refractivity contribution is 4.94.